The number of thiazole rings is 1. The number of carbonyl (C=O) groups is 2. The lowest BCUT2D eigenvalue weighted by Crippen LogP contribution is -2.41. The number of benzene rings is 1. The molecular formula is C25H26BrF3N4O4S. The summed E-state index contributed by atoms with van der Waals surface area (Å²) in [5.74, 6) is -4.67. The number of nitrogens with one attached hydrogen (secondary N) is 1. The predicted octanol–water partition coefficient (Wildman–Crippen LogP) is 4.92. The second kappa shape index (κ2) is 12.0. The van der Waals surface area contributed by atoms with Gasteiger partial charge in [0, 0.05) is 47.2 Å². The van der Waals surface area contributed by atoms with Gasteiger partial charge in [-0.1, -0.05) is 28.4 Å². The molecule has 1 aromatic carbocycles. The summed E-state index contributed by atoms with van der Waals surface area (Å²) in [6.45, 7) is -0.534. The molecule has 1 aromatic heterocycles. The van der Waals surface area contributed by atoms with Crippen LogP contribution in [0.2, 0.25) is 0 Å². The van der Waals surface area contributed by atoms with E-state index in [0.29, 0.717) is 45.8 Å². The van der Waals surface area contributed by atoms with E-state index in [2.05, 4.69) is 26.2 Å². The fourth-order valence-electron chi connectivity index (χ4n) is 4.76. The first-order valence-corrected chi connectivity index (χ1v) is 13.6. The Bertz CT molecular complexity index is 1260. The highest BCUT2D eigenvalue weighted by Gasteiger charge is 2.45. The van der Waals surface area contributed by atoms with Crippen molar-refractivity contribution in [2.75, 3.05) is 20.2 Å². The number of carboxylic acids is 1. The number of aromatic nitrogens is 1. The van der Waals surface area contributed by atoms with E-state index in [4.69, 9.17) is 14.8 Å². The Morgan fingerprint density at radius 1 is 1.34 bits per heavy atom. The number of carbonyl (C=O) groups excluding carboxylic acids is 1. The smallest absolute Gasteiger partial charge is 0.338 e. The fourth-order valence-corrected chi connectivity index (χ4v) is 5.92. The van der Waals surface area contributed by atoms with E-state index in [1.807, 2.05) is 0 Å². The average molecular weight is 615 g/mol. The number of nitrogens with zero attached hydrogens (tertiary/aromatic N) is 3. The number of halogens is 4. The van der Waals surface area contributed by atoms with Crippen LogP contribution >= 0.6 is 27.3 Å². The number of alkyl halides is 2. The Morgan fingerprint density at radius 2 is 2.13 bits per heavy atom. The molecular weight excluding hydrogens is 589 g/mol. The summed E-state index contributed by atoms with van der Waals surface area (Å²) in [5, 5.41) is 14.3. The molecule has 8 nitrogen and oxygen atoms in total. The second-order valence-corrected chi connectivity index (χ2v) is 10.9. The predicted molar refractivity (Wildman–Crippen MR) is 139 cm³/mol. The molecule has 0 unspecified atom stereocenters. The summed E-state index contributed by atoms with van der Waals surface area (Å²) in [6, 6.07) is 2.60. The highest BCUT2D eigenvalue weighted by molar-refractivity contribution is 9.10. The van der Waals surface area contributed by atoms with E-state index in [1.165, 1.54) is 36.6 Å². The third kappa shape index (κ3) is 6.62. The number of hydrogen-bond donors (Lipinski definition) is 2. The number of amidine groups is 1. The number of ether oxygens (including phenoxy) is 1. The molecule has 0 bridgehead atoms. The Hall–Kier alpha value is -2.77. The lowest BCUT2D eigenvalue weighted by Gasteiger charge is -2.31. The molecule has 204 valence electrons. The molecule has 2 aromatic rings. The molecule has 0 radical (unpaired) electrons. The monoisotopic (exact) mass is 614 g/mol. The maximum Gasteiger partial charge on any atom is 0.338 e. The molecule has 0 amide bonds. The Kier molecular flexibility index (Phi) is 8.89. The third-order valence-corrected chi connectivity index (χ3v) is 7.91. The van der Waals surface area contributed by atoms with Gasteiger partial charge in [0.15, 0.2) is 10.8 Å². The van der Waals surface area contributed by atoms with Crippen molar-refractivity contribution in [1.29, 1.82) is 0 Å². The minimum absolute atomic E-state index is 0.0236. The van der Waals surface area contributed by atoms with Gasteiger partial charge in [0.25, 0.3) is 5.92 Å². The van der Waals surface area contributed by atoms with Crippen LogP contribution in [-0.4, -0.2) is 64.9 Å². The van der Waals surface area contributed by atoms with E-state index >= 15 is 0 Å². The minimum atomic E-state index is -2.93. The average Bonchev–Trinajstić information content (AvgIpc) is 3.48. The summed E-state index contributed by atoms with van der Waals surface area (Å²) < 4.78 is 48.4. The SMILES string of the molecule is COC(=O)C1=C(CN2CC(F)(F)C[C@@H]2CCCCC(=O)O)NC(c2nccs2)=N[C@H]1c1ccc(F)cc1Br. The molecule has 38 heavy (non-hydrogen) atoms. The zero-order valence-corrected chi connectivity index (χ0v) is 22.8. The summed E-state index contributed by atoms with van der Waals surface area (Å²) in [4.78, 5) is 34.5. The molecule has 2 aliphatic rings. The highest BCUT2D eigenvalue weighted by Crippen LogP contribution is 2.39. The van der Waals surface area contributed by atoms with Crippen molar-refractivity contribution in [2.24, 2.45) is 4.99 Å². The molecule has 1 fully saturated rings. The number of aliphatic carboxylic acids is 1. The van der Waals surface area contributed by atoms with Gasteiger partial charge in [-0.2, -0.15) is 0 Å². The molecule has 2 aliphatic heterocycles. The topological polar surface area (TPSA) is 104 Å². The fraction of sp³-hybridized carbons (Fsp3) is 0.440. The van der Waals surface area contributed by atoms with Crippen molar-refractivity contribution in [2.45, 2.75) is 50.1 Å². The quantitative estimate of drug-likeness (QED) is 0.289. The van der Waals surface area contributed by atoms with Crippen LogP contribution in [0.15, 0.2) is 50.5 Å². The maximum atomic E-state index is 14.6. The van der Waals surface area contributed by atoms with Gasteiger partial charge in [-0.05, 0) is 30.5 Å². The molecule has 0 spiro atoms. The van der Waals surface area contributed by atoms with Crippen molar-refractivity contribution in [3.05, 3.63) is 61.9 Å². The Balaban J connectivity index is 1.71. The number of unbranched alkanes of at least 4 members (excludes halogenated alkanes) is 1. The molecule has 3 heterocycles. The lowest BCUT2D eigenvalue weighted by atomic mass is 9.95. The maximum absolute atomic E-state index is 14.6. The van der Waals surface area contributed by atoms with Crippen LogP contribution in [-0.2, 0) is 14.3 Å². The first-order chi connectivity index (χ1) is 18.1. The molecule has 13 heteroatoms. The number of carboxylic acid groups (broad SMARTS) is 1. The van der Waals surface area contributed by atoms with Crippen molar-refractivity contribution >= 4 is 45.0 Å². The number of rotatable bonds is 10. The number of methoxy groups -OCH3 is 1. The molecule has 0 saturated carbocycles. The van der Waals surface area contributed by atoms with Crippen LogP contribution in [0, 0.1) is 5.82 Å². The van der Waals surface area contributed by atoms with Gasteiger partial charge in [0.2, 0.25) is 0 Å². The van der Waals surface area contributed by atoms with E-state index in [0.717, 1.165) is 0 Å². The Labute approximate surface area is 229 Å². The largest absolute Gasteiger partial charge is 0.481 e. The molecule has 0 aliphatic carbocycles. The first kappa shape index (κ1) is 28.2. The van der Waals surface area contributed by atoms with Crippen LogP contribution in [0.4, 0.5) is 13.2 Å². The molecule has 1 saturated heterocycles. The number of hydrogen-bond acceptors (Lipinski definition) is 8. The van der Waals surface area contributed by atoms with Gasteiger partial charge in [-0.15, -0.1) is 11.3 Å². The van der Waals surface area contributed by atoms with E-state index in [1.54, 1.807) is 16.5 Å². The van der Waals surface area contributed by atoms with Crippen molar-refractivity contribution in [1.82, 2.24) is 15.2 Å². The van der Waals surface area contributed by atoms with Crippen LogP contribution in [0.3, 0.4) is 0 Å². The van der Waals surface area contributed by atoms with Crippen molar-refractivity contribution < 1.29 is 32.6 Å². The van der Waals surface area contributed by atoms with Gasteiger partial charge in [-0.25, -0.2) is 22.9 Å². The summed E-state index contributed by atoms with van der Waals surface area (Å²) in [5.41, 5.74) is 0.961. The Morgan fingerprint density at radius 3 is 2.79 bits per heavy atom. The molecule has 4 rings (SSSR count). The van der Waals surface area contributed by atoms with Gasteiger partial charge in [0.1, 0.15) is 11.9 Å². The van der Waals surface area contributed by atoms with Crippen LogP contribution in [0.25, 0.3) is 0 Å². The van der Waals surface area contributed by atoms with Crippen LogP contribution < -0.4 is 5.32 Å². The third-order valence-electron chi connectivity index (χ3n) is 6.45. The van der Waals surface area contributed by atoms with Crippen molar-refractivity contribution in [3.63, 3.8) is 0 Å². The lowest BCUT2D eigenvalue weighted by molar-refractivity contribution is -0.137. The normalized spacial score (nSPS) is 21.2. The number of aliphatic imine (C=N–C) groups is 1. The van der Waals surface area contributed by atoms with Gasteiger partial charge in [0.05, 0.1) is 19.2 Å². The molecule has 2 N–H and O–H groups in total. The van der Waals surface area contributed by atoms with E-state index in [9.17, 15) is 22.8 Å². The summed E-state index contributed by atoms with van der Waals surface area (Å²) in [6.07, 6.45) is 2.48. The molecule has 2 atom stereocenters. The summed E-state index contributed by atoms with van der Waals surface area (Å²) in [7, 11) is 1.22. The highest BCUT2D eigenvalue weighted by atomic mass is 79.9. The minimum Gasteiger partial charge on any atom is -0.481 e. The zero-order valence-electron chi connectivity index (χ0n) is 20.4. The van der Waals surface area contributed by atoms with Gasteiger partial charge in [-0.3, -0.25) is 14.7 Å². The van der Waals surface area contributed by atoms with Crippen LogP contribution in [0.1, 0.15) is 48.7 Å². The standard InChI is InChI=1S/C25H26BrF3N4O4S/c1-37-24(36)20-18(12-33-13-25(28,29)11-15(33)4-2-3-5-19(34)35)31-22(23-30-8-9-38-23)32-21(20)16-7-6-14(27)10-17(16)26/h6-10,15,21H,2-5,11-13H2,1H3,(H,31,32)(H,34,35)/t15-,21-/m0/s1. The van der Waals surface area contributed by atoms with E-state index in [-0.39, 0.29) is 25.0 Å². The number of likely N-dealkylation sites (tertiary alicyclic amines) is 1. The first-order valence-electron chi connectivity index (χ1n) is 11.9. The zero-order chi connectivity index (χ0) is 27.4. The van der Waals surface area contributed by atoms with Crippen molar-refractivity contribution in [3.8, 4) is 0 Å². The second-order valence-electron chi connectivity index (χ2n) is 9.15. The van der Waals surface area contributed by atoms with Gasteiger partial charge < -0.3 is 15.2 Å². The van der Waals surface area contributed by atoms with E-state index < -0.39 is 42.3 Å². The van der Waals surface area contributed by atoms with Gasteiger partial charge >= 0.3 is 11.9 Å². The summed E-state index contributed by atoms with van der Waals surface area (Å²) >= 11 is 4.67. The number of esters is 1. The van der Waals surface area contributed by atoms with Crippen LogP contribution in [0.5, 0.6) is 0 Å².